The molecule has 2 aromatic carbocycles. The molecule has 0 saturated heterocycles. The van der Waals surface area contributed by atoms with Gasteiger partial charge in [0.2, 0.25) is 0 Å². The summed E-state index contributed by atoms with van der Waals surface area (Å²) >= 11 is 7.29. The second-order valence-electron chi connectivity index (χ2n) is 6.73. The molecule has 1 N–H and O–H groups in total. The van der Waals surface area contributed by atoms with Crippen molar-refractivity contribution in [2.24, 2.45) is 0 Å². The van der Waals surface area contributed by atoms with Gasteiger partial charge >= 0.3 is 5.97 Å². The molecule has 0 unspecified atom stereocenters. The number of benzene rings is 2. The Labute approximate surface area is 184 Å². The van der Waals surface area contributed by atoms with Crippen LogP contribution in [0.25, 0.3) is 0 Å². The average Bonchev–Trinajstić information content (AvgIpc) is 3.23. The number of sulfonamides is 1. The molecule has 0 aliphatic rings. The number of thiophene rings is 1. The second kappa shape index (κ2) is 9.07. The van der Waals surface area contributed by atoms with Crippen LogP contribution in [0.4, 0.5) is 5.69 Å². The highest BCUT2D eigenvalue weighted by Gasteiger charge is 2.30. The lowest BCUT2D eigenvalue weighted by Crippen LogP contribution is -2.36. The summed E-state index contributed by atoms with van der Waals surface area (Å²) in [6, 6.07) is 14.0. The van der Waals surface area contributed by atoms with E-state index in [1.807, 2.05) is 0 Å². The first kappa shape index (κ1) is 22.1. The fourth-order valence-electron chi connectivity index (χ4n) is 2.88. The first-order valence-electron chi connectivity index (χ1n) is 9.02. The Bertz CT molecular complexity index is 1130. The number of rotatable bonds is 8. The van der Waals surface area contributed by atoms with E-state index in [0.717, 1.165) is 16.9 Å². The lowest BCUT2D eigenvalue weighted by molar-refractivity contribution is 0.0697. The fourth-order valence-corrected chi connectivity index (χ4v) is 5.80. The maximum atomic E-state index is 13.2. The third kappa shape index (κ3) is 4.77. The number of carbonyl (C=O) groups is 1. The fraction of sp³-hybridized carbons (Fsp3) is 0.190. The molecule has 3 aromatic rings. The third-order valence-electron chi connectivity index (χ3n) is 4.23. The van der Waals surface area contributed by atoms with Crippen LogP contribution < -0.4 is 9.04 Å². The Morgan fingerprint density at radius 2 is 1.87 bits per heavy atom. The summed E-state index contributed by atoms with van der Waals surface area (Å²) in [6.07, 6.45) is 0. The highest BCUT2D eigenvalue weighted by molar-refractivity contribution is 7.94. The van der Waals surface area contributed by atoms with Crippen LogP contribution >= 0.6 is 22.9 Å². The van der Waals surface area contributed by atoms with Crippen LogP contribution in [0.5, 0.6) is 5.75 Å². The molecule has 0 radical (unpaired) electrons. The van der Waals surface area contributed by atoms with Crippen molar-refractivity contribution >= 4 is 44.6 Å². The summed E-state index contributed by atoms with van der Waals surface area (Å²) in [5.41, 5.74) is 1.29. The van der Waals surface area contributed by atoms with Gasteiger partial charge in [-0.1, -0.05) is 29.8 Å². The van der Waals surface area contributed by atoms with Crippen molar-refractivity contribution in [3.05, 3.63) is 76.1 Å². The Morgan fingerprint density at radius 1 is 1.17 bits per heavy atom. The number of nitrogens with zero attached hydrogens (tertiary/aromatic N) is 1. The second-order valence-corrected chi connectivity index (χ2v) is 10.2. The van der Waals surface area contributed by atoms with E-state index in [4.69, 9.17) is 21.4 Å². The number of carboxylic acids is 1. The largest absolute Gasteiger partial charge is 0.487 e. The lowest BCUT2D eigenvalue weighted by atomic mass is 10.1. The first-order valence-corrected chi connectivity index (χ1v) is 11.7. The van der Waals surface area contributed by atoms with Crippen LogP contribution in [0.2, 0.25) is 5.02 Å². The molecular formula is C21H20ClNO5S2. The van der Waals surface area contributed by atoms with Crippen LogP contribution in [0.15, 0.2) is 64.2 Å². The number of anilines is 1. The van der Waals surface area contributed by atoms with E-state index >= 15 is 0 Å². The highest BCUT2D eigenvalue weighted by Crippen LogP contribution is 2.37. The minimum absolute atomic E-state index is 0.123. The van der Waals surface area contributed by atoms with Gasteiger partial charge in [0.25, 0.3) is 10.0 Å². The number of halogens is 1. The van der Waals surface area contributed by atoms with Crippen LogP contribution in [0.1, 0.15) is 29.8 Å². The van der Waals surface area contributed by atoms with E-state index in [0.29, 0.717) is 16.5 Å². The van der Waals surface area contributed by atoms with Crippen molar-refractivity contribution in [1.82, 2.24) is 0 Å². The first-order chi connectivity index (χ1) is 14.2. The van der Waals surface area contributed by atoms with E-state index in [9.17, 15) is 13.2 Å². The molecule has 0 amide bonds. The summed E-state index contributed by atoms with van der Waals surface area (Å²) in [7, 11) is -3.78. The summed E-state index contributed by atoms with van der Waals surface area (Å²) in [6.45, 7) is 3.70. The normalized spacial score (nSPS) is 11.5. The summed E-state index contributed by atoms with van der Waals surface area (Å²) in [4.78, 5) is 11.0. The van der Waals surface area contributed by atoms with Gasteiger partial charge in [0.1, 0.15) is 16.6 Å². The molecule has 30 heavy (non-hydrogen) atoms. The molecule has 0 saturated carbocycles. The molecule has 0 spiro atoms. The zero-order chi connectivity index (χ0) is 21.9. The van der Waals surface area contributed by atoms with Crippen molar-refractivity contribution in [2.45, 2.75) is 30.7 Å². The summed E-state index contributed by atoms with van der Waals surface area (Å²) < 4.78 is 33.9. The van der Waals surface area contributed by atoms with Crippen LogP contribution in [-0.2, 0) is 16.6 Å². The summed E-state index contributed by atoms with van der Waals surface area (Å²) in [5.74, 6) is -0.690. The molecule has 9 heteroatoms. The molecule has 0 aliphatic carbocycles. The minimum atomic E-state index is -3.78. The Morgan fingerprint density at radius 3 is 2.43 bits per heavy atom. The number of hydrogen-bond donors (Lipinski definition) is 1. The molecule has 3 rings (SSSR count). The molecular weight excluding hydrogens is 446 g/mol. The van der Waals surface area contributed by atoms with Gasteiger partial charge in [0.15, 0.2) is 0 Å². The van der Waals surface area contributed by atoms with Crippen molar-refractivity contribution in [2.75, 3.05) is 4.31 Å². The van der Waals surface area contributed by atoms with Gasteiger partial charge < -0.3 is 9.84 Å². The maximum absolute atomic E-state index is 13.2. The quantitative estimate of drug-likeness (QED) is 0.489. The van der Waals surface area contributed by atoms with Gasteiger partial charge in [-0.05, 0) is 55.1 Å². The topological polar surface area (TPSA) is 83.9 Å². The van der Waals surface area contributed by atoms with Crippen LogP contribution in [0, 0.1) is 0 Å². The molecule has 0 bridgehead atoms. The molecule has 0 aliphatic heterocycles. The van der Waals surface area contributed by atoms with Gasteiger partial charge in [-0.25, -0.2) is 13.2 Å². The third-order valence-corrected chi connectivity index (χ3v) is 7.83. The Kier molecular flexibility index (Phi) is 6.70. The predicted molar refractivity (Wildman–Crippen MR) is 118 cm³/mol. The van der Waals surface area contributed by atoms with Gasteiger partial charge in [0.05, 0.1) is 11.3 Å². The van der Waals surface area contributed by atoms with E-state index in [2.05, 4.69) is 0 Å². The van der Waals surface area contributed by atoms with Crippen molar-refractivity contribution < 1.29 is 23.1 Å². The van der Waals surface area contributed by atoms with Crippen molar-refractivity contribution in [3.63, 3.8) is 0 Å². The van der Waals surface area contributed by atoms with Crippen molar-refractivity contribution in [3.8, 4) is 5.75 Å². The number of carboxylic acid groups (broad SMARTS) is 1. The van der Waals surface area contributed by atoms with E-state index in [1.165, 1.54) is 16.4 Å². The van der Waals surface area contributed by atoms with Crippen LogP contribution in [0.3, 0.4) is 0 Å². The zero-order valence-electron chi connectivity index (χ0n) is 16.3. The van der Waals surface area contributed by atoms with Crippen LogP contribution in [-0.4, -0.2) is 25.5 Å². The molecule has 1 heterocycles. The lowest BCUT2D eigenvalue weighted by Gasteiger charge is -2.29. The smallest absolute Gasteiger partial charge is 0.335 e. The monoisotopic (exact) mass is 465 g/mol. The SMILES string of the molecule is CC(C)N(c1ccc(Cl)cc1OCc1ccc(C(=O)O)cc1)S(=O)(=O)c1cccs1. The number of hydrogen-bond acceptors (Lipinski definition) is 5. The van der Waals surface area contributed by atoms with E-state index in [-0.39, 0.29) is 22.4 Å². The zero-order valence-corrected chi connectivity index (χ0v) is 18.7. The van der Waals surface area contributed by atoms with Gasteiger partial charge in [-0.3, -0.25) is 4.31 Å². The Hall–Kier alpha value is -2.55. The molecule has 0 fully saturated rings. The number of ether oxygens (including phenoxy) is 1. The van der Waals surface area contributed by atoms with E-state index < -0.39 is 16.0 Å². The van der Waals surface area contributed by atoms with Crippen molar-refractivity contribution in [1.29, 1.82) is 0 Å². The molecule has 1 aromatic heterocycles. The average molecular weight is 466 g/mol. The maximum Gasteiger partial charge on any atom is 0.335 e. The van der Waals surface area contributed by atoms with Gasteiger partial charge in [-0.2, -0.15) is 0 Å². The molecule has 6 nitrogen and oxygen atoms in total. The summed E-state index contributed by atoms with van der Waals surface area (Å²) in [5, 5.41) is 11.1. The minimum Gasteiger partial charge on any atom is -0.487 e. The van der Waals surface area contributed by atoms with E-state index in [1.54, 1.807) is 61.7 Å². The molecule has 0 atom stereocenters. The van der Waals surface area contributed by atoms with Gasteiger partial charge in [-0.15, -0.1) is 11.3 Å². The standard InChI is InChI=1S/C21H20ClNO5S2/c1-14(2)23(30(26,27)20-4-3-11-29-20)18-10-9-17(22)12-19(18)28-13-15-5-7-16(8-6-15)21(24)25/h3-12,14H,13H2,1-2H3,(H,24,25). The highest BCUT2D eigenvalue weighted by atomic mass is 35.5. The molecule has 158 valence electrons. The predicted octanol–water partition coefficient (Wildman–Crippen LogP) is 5.28. The number of aromatic carboxylic acids is 1. The Balaban J connectivity index is 1.94. The van der Waals surface area contributed by atoms with Gasteiger partial charge in [0, 0.05) is 17.1 Å².